The molecule has 22 heavy (non-hydrogen) atoms. The Balaban J connectivity index is -0.000000269. The van der Waals surface area contributed by atoms with E-state index < -0.39 is 0 Å². The molecule has 0 amide bonds. The number of rotatable bonds is 4. The van der Waals surface area contributed by atoms with Gasteiger partial charge in [0.15, 0.2) is 0 Å². The standard InChI is InChI=1S/C9H15N.C6H12O2.C2H4O2/c1-4-9(5-6-10)7-8(2)3;1-5(7)8-6(2,3)4;1-4-2-3/h5,8H,4,7H2,1-3H3;1-4H3;2H,1H3/b9-5+;;. The summed E-state index contributed by atoms with van der Waals surface area (Å²) in [6.07, 6.45) is 3.73. The van der Waals surface area contributed by atoms with Crippen LogP contribution in [0.15, 0.2) is 11.6 Å². The van der Waals surface area contributed by atoms with E-state index in [0.717, 1.165) is 12.8 Å². The summed E-state index contributed by atoms with van der Waals surface area (Å²) in [6, 6.07) is 2.06. The Morgan fingerprint density at radius 3 is 1.91 bits per heavy atom. The van der Waals surface area contributed by atoms with E-state index in [2.05, 4.69) is 31.6 Å². The zero-order chi connectivity index (χ0) is 18.2. The molecular formula is C17H31NO4. The highest BCUT2D eigenvalue weighted by molar-refractivity contribution is 5.66. The highest BCUT2D eigenvalue weighted by atomic mass is 16.6. The zero-order valence-electron chi connectivity index (χ0n) is 15.2. The molecule has 0 bridgehead atoms. The van der Waals surface area contributed by atoms with Crippen LogP contribution in [-0.2, 0) is 19.1 Å². The summed E-state index contributed by atoms with van der Waals surface area (Å²) in [5.74, 6) is 0.442. The van der Waals surface area contributed by atoms with Gasteiger partial charge in [0.1, 0.15) is 5.60 Å². The smallest absolute Gasteiger partial charge is 0.303 e. The quantitative estimate of drug-likeness (QED) is 0.445. The average Bonchev–Trinajstić information content (AvgIpc) is 2.35. The highest BCUT2D eigenvalue weighted by Crippen LogP contribution is 2.12. The van der Waals surface area contributed by atoms with E-state index in [0.29, 0.717) is 12.4 Å². The van der Waals surface area contributed by atoms with Gasteiger partial charge in [-0.3, -0.25) is 9.59 Å². The summed E-state index contributed by atoms with van der Waals surface area (Å²) in [6.45, 7) is 13.7. The molecule has 0 unspecified atom stereocenters. The molecule has 0 spiro atoms. The monoisotopic (exact) mass is 313 g/mol. The van der Waals surface area contributed by atoms with Gasteiger partial charge in [0.25, 0.3) is 6.47 Å². The molecule has 0 saturated carbocycles. The molecule has 128 valence electrons. The molecule has 0 aliphatic heterocycles. The molecule has 0 rings (SSSR count). The van der Waals surface area contributed by atoms with Gasteiger partial charge in [-0.05, 0) is 39.5 Å². The van der Waals surface area contributed by atoms with Crippen molar-refractivity contribution in [2.75, 3.05) is 7.11 Å². The van der Waals surface area contributed by atoms with Crippen LogP contribution in [0.2, 0.25) is 0 Å². The lowest BCUT2D eigenvalue weighted by molar-refractivity contribution is -0.151. The molecule has 0 atom stereocenters. The van der Waals surface area contributed by atoms with Gasteiger partial charge in [0.05, 0.1) is 13.2 Å². The Bertz CT molecular complexity index is 360. The lowest BCUT2D eigenvalue weighted by atomic mass is 10.0. The first-order chi connectivity index (χ1) is 10.0. The van der Waals surface area contributed by atoms with Gasteiger partial charge in [-0.15, -0.1) is 0 Å². The zero-order valence-corrected chi connectivity index (χ0v) is 15.2. The number of esters is 1. The fourth-order valence-electron chi connectivity index (χ4n) is 1.35. The topological polar surface area (TPSA) is 76.4 Å². The lowest BCUT2D eigenvalue weighted by Crippen LogP contribution is -2.21. The summed E-state index contributed by atoms with van der Waals surface area (Å²) >= 11 is 0. The predicted molar refractivity (Wildman–Crippen MR) is 88.0 cm³/mol. The van der Waals surface area contributed by atoms with Gasteiger partial charge in [-0.2, -0.15) is 5.26 Å². The number of hydrogen-bond acceptors (Lipinski definition) is 5. The van der Waals surface area contributed by atoms with Gasteiger partial charge >= 0.3 is 5.97 Å². The van der Waals surface area contributed by atoms with E-state index in [4.69, 9.17) is 14.8 Å². The minimum Gasteiger partial charge on any atom is -0.471 e. The summed E-state index contributed by atoms with van der Waals surface area (Å²) in [7, 11) is 1.31. The van der Waals surface area contributed by atoms with Crippen LogP contribution in [0.4, 0.5) is 0 Å². The van der Waals surface area contributed by atoms with Crippen LogP contribution >= 0.6 is 0 Å². The average molecular weight is 313 g/mol. The van der Waals surface area contributed by atoms with E-state index in [-0.39, 0.29) is 11.6 Å². The first-order valence-corrected chi connectivity index (χ1v) is 7.27. The van der Waals surface area contributed by atoms with E-state index in [1.54, 1.807) is 6.08 Å². The van der Waals surface area contributed by atoms with E-state index >= 15 is 0 Å². The van der Waals surface area contributed by atoms with Crippen LogP contribution in [0.25, 0.3) is 0 Å². The van der Waals surface area contributed by atoms with Crippen molar-refractivity contribution in [1.82, 2.24) is 0 Å². The molecular weight excluding hydrogens is 282 g/mol. The van der Waals surface area contributed by atoms with Crippen LogP contribution in [0.5, 0.6) is 0 Å². The number of hydrogen-bond donors (Lipinski definition) is 0. The summed E-state index contributed by atoms with van der Waals surface area (Å²) in [5.41, 5.74) is 0.934. The van der Waals surface area contributed by atoms with Gasteiger partial charge < -0.3 is 9.47 Å². The van der Waals surface area contributed by atoms with Crippen molar-refractivity contribution >= 4 is 12.4 Å². The van der Waals surface area contributed by atoms with Gasteiger partial charge in [0.2, 0.25) is 0 Å². The summed E-state index contributed by atoms with van der Waals surface area (Å²) in [4.78, 5) is 19.2. The molecule has 0 aromatic carbocycles. The second kappa shape index (κ2) is 15.6. The van der Waals surface area contributed by atoms with Gasteiger partial charge in [-0.1, -0.05) is 26.3 Å². The van der Waals surface area contributed by atoms with Crippen LogP contribution in [0.1, 0.15) is 61.3 Å². The second-order valence-corrected chi connectivity index (χ2v) is 5.92. The Morgan fingerprint density at radius 2 is 1.77 bits per heavy atom. The molecule has 0 N–H and O–H groups in total. The van der Waals surface area contributed by atoms with Crippen LogP contribution in [0.3, 0.4) is 0 Å². The molecule has 0 heterocycles. The molecule has 5 nitrogen and oxygen atoms in total. The first kappa shape index (κ1) is 25.1. The van der Waals surface area contributed by atoms with Crippen molar-refractivity contribution in [2.45, 2.75) is 66.9 Å². The molecule has 0 radical (unpaired) electrons. The van der Waals surface area contributed by atoms with Gasteiger partial charge in [0, 0.05) is 13.0 Å². The van der Waals surface area contributed by atoms with Crippen molar-refractivity contribution in [3.63, 3.8) is 0 Å². The van der Waals surface area contributed by atoms with Crippen molar-refractivity contribution in [3.05, 3.63) is 11.6 Å². The molecule has 0 aromatic heterocycles. The Labute approximate surface area is 135 Å². The van der Waals surface area contributed by atoms with Crippen molar-refractivity contribution in [2.24, 2.45) is 5.92 Å². The number of carbonyl (C=O) groups excluding carboxylic acids is 2. The third kappa shape index (κ3) is 30.9. The van der Waals surface area contributed by atoms with Crippen LogP contribution in [0, 0.1) is 17.2 Å². The Kier molecular flexibility index (Phi) is 17.8. The molecule has 0 aliphatic rings. The van der Waals surface area contributed by atoms with Crippen molar-refractivity contribution in [1.29, 1.82) is 5.26 Å². The largest absolute Gasteiger partial charge is 0.471 e. The number of ether oxygens (including phenoxy) is 2. The minimum absolute atomic E-state index is 0.225. The fraction of sp³-hybridized carbons (Fsp3) is 0.706. The molecule has 0 aliphatic carbocycles. The fourth-order valence-corrected chi connectivity index (χ4v) is 1.35. The van der Waals surface area contributed by atoms with Crippen molar-refractivity contribution < 1.29 is 19.1 Å². The summed E-state index contributed by atoms with van der Waals surface area (Å²) < 4.78 is 8.66. The van der Waals surface area contributed by atoms with Gasteiger partial charge in [-0.25, -0.2) is 0 Å². The predicted octanol–water partition coefficient (Wildman–Crippen LogP) is 4.03. The first-order valence-electron chi connectivity index (χ1n) is 7.27. The maximum absolute atomic E-state index is 10.2. The molecule has 0 fully saturated rings. The number of methoxy groups -OCH3 is 1. The third-order valence-electron chi connectivity index (χ3n) is 1.94. The van der Waals surface area contributed by atoms with Crippen LogP contribution < -0.4 is 0 Å². The molecule has 0 aromatic rings. The highest BCUT2D eigenvalue weighted by Gasteiger charge is 2.11. The second-order valence-electron chi connectivity index (χ2n) is 5.92. The lowest BCUT2D eigenvalue weighted by Gasteiger charge is -2.17. The maximum atomic E-state index is 10.2. The minimum atomic E-state index is -0.328. The Hall–Kier alpha value is -1.83. The van der Waals surface area contributed by atoms with Crippen LogP contribution in [-0.4, -0.2) is 25.2 Å². The van der Waals surface area contributed by atoms with E-state index in [1.807, 2.05) is 20.8 Å². The van der Waals surface area contributed by atoms with E-state index in [1.165, 1.54) is 19.6 Å². The number of nitriles is 1. The third-order valence-corrected chi connectivity index (χ3v) is 1.94. The molecule has 5 heteroatoms. The summed E-state index contributed by atoms with van der Waals surface area (Å²) in [5, 5.41) is 8.35. The molecule has 0 saturated heterocycles. The Morgan fingerprint density at radius 1 is 1.32 bits per heavy atom. The van der Waals surface area contributed by atoms with Crippen molar-refractivity contribution in [3.8, 4) is 6.07 Å². The normalized spacial score (nSPS) is 10.3. The SMILES string of the molecule is CC(=O)OC(C)(C)C.CC/C(=C\C#N)CC(C)C.COC=O. The number of nitrogens with zero attached hydrogens (tertiary/aromatic N) is 1. The maximum Gasteiger partial charge on any atom is 0.303 e. The number of allylic oxidation sites excluding steroid dienone is 2. The number of carbonyl (C=O) groups is 2. The van der Waals surface area contributed by atoms with E-state index in [9.17, 15) is 4.79 Å².